The number of ether oxygens (including phenoxy) is 1. The number of hydrogen-bond donors (Lipinski definition) is 2. The summed E-state index contributed by atoms with van der Waals surface area (Å²) < 4.78 is 5.51. The lowest BCUT2D eigenvalue weighted by Crippen LogP contribution is -2.36. The number of amides is 1. The van der Waals surface area contributed by atoms with E-state index in [0.717, 1.165) is 35.3 Å². The van der Waals surface area contributed by atoms with Crippen molar-refractivity contribution in [1.29, 1.82) is 0 Å². The van der Waals surface area contributed by atoms with Gasteiger partial charge in [0.05, 0.1) is 11.0 Å². The zero-order valence-electron chi connectivity index (χ0n) is 14.4. The van der Waals surface area contributed by atoms with Crippen LogP contribution in [0.3, 0.4) is 0 Å². The number of carbonyl (C=O) groups is 1. The van der Waals surface area contributed by atoms with E-state index in [-0.39, 0.29) is 18.6 Å². The van der Waals surface area contributed by atoms with Crippen molar-refractivity contribution >= 4 is 16.9 Å². The van der Waals surface area contributed by atoms with E-state index in [2.05, 4.69) is 21.4 Å². The van der Waals surface area contributed by atoms with Crippen LogP contribution in [0.25, 0.3) is 11.0 Å². The summed E-state index contributed by atoms with van der Waals surface area (Å²) in [6.45, 7) is 4.42. The van der Waals surface area contributed by atoms with Crippen LogP contribution in [-0.2, 0) is 16.1 Å². The van der Waals surface area contributed by atoms with Crippen LogP contribution in [0.15, 0.2) is 29.8 Å². The predicted octanol–water partition coefficient (Wildman–Crippen LogP) is 3.39. The zero-order valence-corrected chi connectivity index (χ0v) is 14.4. The summed E-state index contributed by atoms with van der Waals surface area (Å²) in [7, 11) is 0. The van der Waals surface area contributed by atoms with Crippen molar-refractivity contribution in [3.8, 4) is 0 Å². The molecule has 1 aromatic carbocycles. The number of para-hydroxylation sites is 1. The normalized spacial score (nSPS) is 16.0. The number of rotatable bonds is 6. The highest BCUT2D eigenvalue weighted by Crippen LogP contribution is 2.20. The first kappa shape index (κ1) is 16.7. The molecule has 1 heterocycles. The zero-order chi connectivity index (χ0) is 16.9. The third kappa shape index (κ3) is 4.03. The van der Waals surface area contributed by atoms with Crippen molar-refractivity contribution in [2.45, 2.75) is 52.2 Å². The molecule has 0 bridgehead atoms. The molecule has 1 unspecified atom stereocenters. The average Bonchev–Trinajstić information content (AvgIpc) is 3.00. The van der Waals surface area contributed by atoms with E-state index in [1.54, 1.807) is 0 Å². The molecular formula is C19H25N3O2. The molecule has 0 saturated heterocycles. The Morgan fingerprint density at radius 2 is 2.29 bits per heavy atom. The van der Waals surface area contributed by atoms with Gasteiger partial charge in [0.15, 0.2) is 0 Å². The van der Waals surface area contributed by atoms with Crippen molar-refractivity contribution in [1.82, 2.24) is 15.3 Å². The fourth-order valence-corrected chi connectivity index (χ4v) is 3.17. The lowest BCUT2D eigenvalue weighted by atomic mass is 9.95. The van der Waals surface area contributed by atoms with E-state index in [0.29, 0.717) is 6.61 Å². The third-order valence-corrected chi connectivity index (χ3v) is 4.50. The molecule has 128 valence electrons. The second-order valence-electron chi connectivity index (χ2n) is 6.46. The molecule has 5 nitrogen and oxygen atoms in total. The van der Waals surface area contributed by atoms with Crippen LogP contribution in [0.1, 0.15) is 44.0 Å². The number of benzene rings is 1. The van der Waals surface area contributed by atoms with Crippen LogP contribution in [-0.4, -0.2) is 28.5 Å². The first-order chi connectivity index (χ1) is 11.6. The number of nitrogens with zero attached hydrogens (tertiary/aromatic N) is 1. The Bertz CT molecular complexity index is 748. The lowest BCUT2D eigenvalue weighted by Gasteiger charge is -2.20. The number of aryl methyl sites for hydroxylation is 1. The molecule has 2 aromatic rings. The molecule has 0 fully saturated rings. The molecular weight excluding hydrogens is 302 g/mol. The Morgan fingerprint density at radius 3 is 3.04 bits per heavy atom. The fourth-order valence-electron chi connectivity index (χ4n) is 3.17. The summed E-state index contributed by atoms with van der Waals surface area (Å²) in [5.41, 5.74) is 4.42. The molecule has 1 aliphatic carbocycles. The van der Waals surface area contributed by atoms with Crippen LogP contribution >= 0.6 is 0 Å². The third-order valence-electron chi connectivity index (χ3n) is 4.50. The van der Waals surface area contributed by atoms with Gasteiger partial charge in [-0.15, -0.1) is 0 Å². The molecule has 1 amide bonds. The number of allylic oxidation sites excluding steroid dienone is 1. The van der Waals surface area contributed by atoms with Crippen molar-refractivity contribution in [2.24, 2.45) is 0 Å². The van der Waals surface area contributed by atoms with Crippen molar-refractivity contribution in [3.63, 3.8) is 0 Å². The summed E-state index contributed by atoms with van der Waals surface area (Å²) >= 11 is 0. The quantitative estimate of drug-likeness (QED) is 0.799. The number of hydrogen-bond acceptors (Lipinski definition) is 3. The summed E-state index contributed by atoms with van der Waals surface area (Å²) in [6, 6.07) is 6.11. The number of nitrogens with one attached hydrogen (secondary N) is 2. The second kappa shape index (κ2) is 7.62. The molecule has 1 atom stereocenters. The van der Waals surface area contributed by atoms with Gasteiger partial charge in [0.2, 0.25) is 5.91 Å². The van der Waals surface area contributed by atoms with Gasteiger partial charge in [0, 0.05) is 6.04 Å². The first-order valence-electron chi connectivity index (χ1n) is 8.63. The molecule has 1 aliphatic rings. The highest BCUT2D eigenvalue weighted by Gasteiger charge is 2.14. The summed E-state index contributed by atoms with van der Waals surface area (Å²) in [6.07, 6.45) is 6.93. The monoisotopic (exact) mass is 327 g/mol. The molecule has 0 spiro atoms. The van der Waals surface area contributed by atoms with Crippen molar-refractivity contribution < 1.29 is 9.53 Å². The Kier molecular flexibility index (Phi) is 5.30. The van der Waals surface area contributed by atoms with Gasteiger partial charge < -0.3 is 15.0 Å². The van der Waals surface area contributed by atoms with Gasteiger partial charge >= 0.3 is 0 Å². The molecule has 0 aliphatic heterocycles. The number of imidazole rings is 1. The Morgan fingerprint density at radius 1 is 1.42 bits per heavy atom. The maximum absolute atomic E-state index is 12.0. The summed E-state index contributed by atoms with van der Waals surface area (Å²) in [5, 5.41) is 3.01. The average molecular weight is 327 g/mol. The molecule has 0 radical (unpaired) electrons. The first-order valence-corrected chi connectivity index (χ1v) is 8.63. The number of carbonyl (C=O) groups excluding carboxylic acids is 1. The van der Waals surface area contributed by atoms with Gasteiger partial charge in [-0.3, -0.25) is 4.79 Å². The maximum atomic E-state index is 12.0. The highest BCUT2D eigenvalue weighted by molar-refractivity contribution is 5.79. The second-order valence-corrected chi connectivity index (χ2v) is 6.46. The van der Waals surface area contributed by atoms with Crippen LogP contribution in [0, 0.1) is 6.92 Å². The fraction of sp³-hybridized carbons (Fsp3) is 0.474. The Hall–Kier alpha value is -2.14. The predicted molar refractivity (Wildman–Crippen MR) is 94.6 cm³/mol. The Labute approximate surface area is 142 Å². The lowest BCUT2D eigenvalue weighted by molar-refractivity contribution is -0.126. The van der Waals surface area contributed by atoms with E-state index in [1.807, 2.05) is 32.0 Å². The molecule has 3 rings (SSSR count). The molecule has 2 N–H and O–H groups in total. The minimum absolute atomic E-state index is 0.0493. The molecule has 0 saturated carbocycles. The van der Waals surface area contributed by atoms with Gasteiger partial charge in [0.25, 0.3) is 0 Å². The van der Waals surface area contributed by atoms with Gasteiger partial charge in [-0.05, 0) is 51.2 Å². The van der Waals surface area contributed by atoms with Crippen LogP contribution in [0.2, 0.25) is 0 Å². The summed E-state index contributed by atoms with van der Waals surface area (Å²) in [5.74, 6) is 0.663. The SMILES string of the molecule is Cc1cccc2[nH]c(COCC(=O)NC(C)C3=CCCCC3)nc12. The molecule has 1 aromatic heterocycles. The standard InChI is InChI=1S/C19H25N3O2/c1-13-7-6-10-16-19(13)22-17(21-16)11-24-12-18(23)20-14(2)15-8-4-3-5-9-15/h6-8,10,14H,3-5,9,11-12H2,1-2H3,(H,20,23)(H,21,22). The van der Waals surface area contributed by atoms with Gasteiger partial charge in [-0.1, -0.05) is 23.8 Å². The largest absolute Gasteiger partial charge is 0.364 e. The van der Waals surface area contributed by atoms with Crippen molar-refractivity contribution in [3.05, 3.63) is 41.2 Å². The number of H-pyrrole nitrogens is 1. The number of aromatic amines is 1. The van der Waals surface area contributed by atoms with Crippen LogP contribution in [0.5, 0.6) is 0 Å². The smallest absolute Gasteiger partial charge is 0.246 e. The molecule has 24 heavy (non-hydrogen) atoms. The van der Waals surface area contributed by atoms with Gasteiger partial charge in [-0.2, -0.15) is 0 Å². The minimum Gasteiger partial charge on any atom is -0.364 e. The molecule has 5 heteroatoms. The van der Waals surface area contributed by atoms with E-state index in [4.69, 9.17) is 4.74 Å². The van der Waals surface area contributed by atoms with E-state index >= 15 is 0 Å². The van der Waals surface area contributed by atoms with Gasteiger partial charge in [0.1, 0.15) is 19.0 Å². The van der Waals surface area contributed by atoms with Crippen molar-refractivity contribution in [2.75, 3.05) is 6.61 Å². The topological polar surface area (TPSA) is 67.0 Å². The van der Waals surface area contributed by atoms with Crippen LogP contribution in [0.4, 0.5) is 0 Å². The maximum Gasteiger partial charge on any atom is 0.246 e. The Balaban J connectivity index is 1.47. The van der Waals surface area contributed by atoms with E-state index < -0.39 is 0 Å². The van der Waals surface area contributed by atoms with Gasteiger partial charge in [-0.25, -0.2) is 4.98 Å². The highest BCUT2D eigenvalue weighted by atomic mass is 16.5. The number of fused-ring (bicyclic) bond motifs is 1. The summed E-state index contributed by atoms with van der Waals surface area (Å²) in [4.78, 5) is 19.8. The number of aromatic nitrogens is 2. The van der Waals surface area contributed by atoms with E-state index in [9.17, 15) is 4.79 Å². The van der Waals surface area contributed by atoms with E-state index in [1.165, 1.54) is 18.4 Å². The van der Waals surface area contributed by atoms with Crippen LogP contribution < -0.4 is 5.32 Å². The minimum atomic E-state index is -0.0822.